The summed E-state index contributed by atoms with van der Waals surface area (Å²) in [6.07, 6.45) is 4.02. The van der Waals surface area contributed by atoms with Gasteiger partial charge in [-0.05, 0) is 80.1 Å². The molecule has 6 amide bonds. The van der Waals surface area contributed by atoms with Crippen LogP contribution in [-0.4, -0.2) is 64.5 Å². The lowest BCUT2D eigenvalue weighted by molar-refractivity contribution is -0.136. The lowest BCUT2D eigenvalue weighted by Gasteiger charge is -2.29. The number of rotatable bonds is 13. The molecule has 0 aliphatic carbocycles. The summed E-state index contributed by atoms with van der Waals surface area (Å²) in [5.74, 6) is -1.62. The van der Waals surface area contributed by atoms with E-state index in [2.05, 4.69) is 31.6 Å². The first kappa shape index (κ1) is 36.9. The molecule has 2 aromatic heterocycles. The molecule has 0 radical (unpaired) electrons. The molecule has 13 nitrogen and oxygen atoms in total. The van der Waals surface area contributed by atoms with Crippen molar-refractivity contribution in [1.82, 2.24) is 25.8 Å². The van der Waals surface area contributed by atoms with E-state index in [4.69, 9.17) is 0 Å². The number of amides is 6. The largest absolute Gasteiger partial charge is 0.352 e. The van der Waals surface area contributed by atoms with Crippen molar-refractivity contribution in [3.63, 3.8) is 0 Å². The van der Waals surface area contributed by atoms with Gasteiger partial charge in [-0.15, -0.1) is 11.3 Å². The van der Waals surface area contributed by atoms with Gasteiger partial charge in [-0.25, -0.2) is 4.98 Å². The molecule has 0 saturated carbocycles. The highest BCUT2D eigenvalue weighted by Gasteiger charge is 2.39. The monoisotopic (exact) mass is 757 g/mol. The molecule has 280 valence electrons. The number of benzene rings is 3. The predicted octanol–water partition coefficient (Wildman–Crippen LogP) is 5.69. The molecule has 0 spiro atoms. The highest BCUT2D eigenvalue weighted by atomic mass is 32.1. The number of unbranched alkanes of at least 4 members (excludes halogenated alkanes) is 2. The number of aromatic nitrogens is 1. The van der Waals surface area contributed by atoms with Crippen LogP contribution < -0.4 is 26.6 Å². The van der Waals surface area contributed by atoms with Crippen LogP contribution in [0, 0.1) is 6.92 Å². The van der Waals surface area contributed by atoms with E-state index in [1.54, 1.807) is 24.3 Å². The molecule has 0 bridgehead atoms. The smallest absolute Gasteiger partial charge is 0.257 e. The third kappa shape index (κ3) is 8.24. The molecule has 2 aliphatic heterocycles. The Morgan fingerprint density at radius 3 is 2.38 bits per heavy atom. The predicted molar refractivity (Wildman–Crippen MR) is 209 cm³/mol. The molecule has 5 N–H and O–H groups in total. The fraction of sp³-hybridized carbons (Fsp3) is 0.244. The zero-order chi connectivity index (χ0) is 38.5. The standard InChI is InChI=1S/C41H39N7O6S/c1-24-9-3-5-11-31(24)45-36-32(46-39(52)30-23-55-34-12-6-4-10-29(30)34)20-26(21-44-36)38(51)43-18-8-2-7-17-42-37(50)25-13-14-28-27(19-25)22-48(41(28)54)33-15-16-35(49)47-40(33)53/h3-6,9-14,19-21,23,33H,2,7-8,15-18,22H2,1H3,(H,42,50)(H,43,51)(H,44,45)(H,46,52)(H,47,49,53). The number of nitrogens with one attached hydrogen (secondary N) is 5. The van der Waals surface area contributed by atoms with E-state index >= 15 is 0 Å². The van der Waals surface area contributed by atoms with Crippen molar-refractivity contribution in [2.45, 2.75) is 51.6 Å². The molecule has 14 heteroatoms. The van der Waals surface area contributed by atoms with Crippen LogP contribution in [0.25, 0.3) is 10.1 Å². The van der Waals surface area contributed by atoms with Crippen LogP contribution in [0.5, 0.6) is 0 Å². The van der Waals surface area contributed by atoms with Gasteiger partial charge in [0.2, 0.25) is 11.8 Å². The summed E-state index contributed by atoms with van der Waals surface area (Å²) < 4.78 is 0.999. The molecular formula is C41H39N7O6S. The normalized spacial score (nSPS) is 15.0. The van der Waals surface area contributed by atoms with Crippen molar-refractivity contribution in [2.75, 3.05) is 23.7 Å². The maximum absolute atomic E-state index is 13.5. The average Bonchev–Trinajstić information content (AvgIpc) is 3.76. The summed E-state index contributed by atoms with van der Waals surface area (Å²) in [5, 5.41) is 17.0. The number of pyridine rings is 1. The number of hydrogen-bond donors (Lipinski definition) is 5. The van der Waals surface area contributed by atoms with Crippen LogP contribution in [0.2, 0.25) is 0 Å². The third-order valence-corrected chi connectivity index (χ3v) is 10.7. The van der Waals surface area contributed by atoms with Crippen LogP contribution >= 0.6 is 11.3 Å². The molecule has 55 heavy (non-hydrogen) atoms. The molecular weight excluding hydrogens is 719 g/mol. The number of para-hydroxylation sites is 1. The first-order chi connectivity index (χ1) is 26.7. The third-order valence-electron chi connectivity index (χ3n) is 9.73. The van der Waals surface area contributed by atoms with Crippen LogP contribution in [0.15, 0.2) is 84.4 Å². The molecule has 3 aromatic carbocycles. The van der Waals surface area contributed by atoms with Crippen LogP contribution in [0.1, 0.15) is 84.7 Å². The maximum atomic E-state index is 13.5. The zero-order valence-electron chi connectivity index (χ0n) is 30.1. The van der Waals surface area contributed by atoms with E-state index in [0.717, 1.165) is 27.8 Å². The lowest BCUT2D eigenvalue weighted by Crippen LogP contribution is -2.52. The molecule has 5 aromatic rings. The zero-order valence-corrected chi connectivity index (χ0v) is 30.9. The summed E-state index contributed by atoms with van der Waals surface area (Å²) in [4.78, 5) is 82.4. The highest BCUT2D eigenvalue weighted by molar-refractivity contribution is 7.17. The molecule has 4 heterocycles. The Morgan fingerprint density at radius 1 is 0.855 bits per heavy atom. The number of imide groups is 1. The van der Waals surface area contributed by atoms with E-state index in [-0.39, 0.29) is 48.9 Å². The SMILES string of the molecule is Cc1ccccc1Nc1ncc(C(=O)NCCCCCNC(=O)c2ccc3c(c2)CN(C2CCC(=O)NC2=O)C3=O)cc1NC(=O)c1csc2ccccc12. The number of nitrogens with zero attached hydrogens (tertiary/aromatic N) is 2. The van der Waals surface area contributed by atoms with E-state index in [1.165, 1.54) is 22.4 Å². The van der Waals surface area contributed by atoms with Gasteiger partial charge >= 0.3 is 0 Å². The summed E-state index contributed by atoms with van der Waals surface area (Å²) in [6.45, 7) is 2.99. The summed E-state index contributed by atoms with van der Waals surface area (Å²) in [7, 11) is 0. The minimum atomic E-state index is -0.716. The van der Waals surface area contributed by atoms with Gasteiger partial charge in [-0.2, -0.15) is 0 Å². The van der Waals surface area contributed by atoms with Gasteiger partial charge in [0.05, 0.1) is 16.8 Å². The van der Waals surface area contributed by atoms with Crippen molar-refractivity contribution in [3.05, 3.63) is 118 Å². The van der Waals surface area contributed by atoms with Gasteiger partial charge < -0.3 is 26.2 Å². The number of fused-ring (bicyclic) bond motifs is 2. The average molecular weight is 758 g/mol. The van der Waals surface area contributed by atoms with Crippen LogP contribution in [0.3, 0.4) is 0 Å². The summed E-state index contributed by atoms with van der Waals surface area (Å²) in [6, 6.07) is 21.2. The Balaban J connectivity index is 0.897. The van der Waals surface area contributed by atoms with Gasteiger partial charge in [0, 0.05) is 64.5 Å². The van der Waals surface area contributed by atoms with E-state index in [1.807, 2.05) is 60.8 Å². The number of carbonyl (C=O) groups is 6. The Bertz CT molecular complexity index is 2340. The van der Waals surface area contributed by atoms with E-state index in [0.29, 0.717) is 65.3 Å². The Hall–Kier alpha value is -6.41. The Morgan fingerprint density at radius 2 is 1.60 bits per heavy atom. The lowest BCUT2D eigenvalue weighted by atomic mass is 10.0. The number of thiophene rings is 1. The van der Waals surface area contributed by atoms with E-state index < -0.39 is 11.9 Å². The number of hydrogen-bond acceptors (Lipinski definition) is 9. The van der Waals surface area contributed by atoms with Gasteiger partial charge in [0.15, 0.2) is 5.82 Å². The fourth-order valence-corrected chi connectivity index (χ4v) is 7.66. The second-order valence-corrected chi connectivity index (χ2v) is 14.4. The van der Waals surface area contributed by atoms with Crippen molar-refractivity contribution >= 4 is 74.1 Å². The second kappa shape index (κ2) is 16.3. The molecule has 1 unspecified atom stereocenters. The number of anilines is 3. The molecule has 7 rings (SSSR count). The highest BCUT2D eigenvalue weighted by Crippen LogP contribution is 2.31. The summed E-state index contributed by atoms with van der Waals surface area (Å²) in [5.41, 5.74) is 4.54. The number of aryl methyl sites for hydroxylation is 1. The van der Waals surface area contributed by atoms with Crippen LogP contribution in [0.4, 0.5) is 17.2 Å². The molecule has 1 saturated heterocycles. The maximum Gasteiger partial charge on any atom is 0.257 e. The first-order valence-electron chi connectivity index (χ1n) is 18.1. The van der Waals surface area contributed by atoms with Crippen molar-refractivity contribution in [2.24, 2.45) is 0 Å². The molecule has 2 aliphatic rings. The van der Waals surface area contributed by atoms with Gasteiger partial charge in [0.1, 0.15) is 6.04 Å². The van der Waals surface area contributed by atoms with Crippen molar-refractivity contribution < 1.29 is 28.8 Å². The minimum Gasteiger partial charge on any atom is -0.352 e. The van der Waals surface area contributed by atoms with Crippen molar-refractivity contribution in [1.29, 1.82) is 0 Å². The van der Waals surface area contributed by atoms with Crippen LogP contribution in [-0.2, 0) is 16.1 Å². The molecule has 1 fully saturated rings. The Kier molecular flexibility index (Phi) is 10.9. The fourth-order valence-electron chi connectivity index (χ4n) is 6.72. The Labute approximate surface area is 320 Å². The number of carbonyl (C=O) groups excluding carboxylic acids is 6. The van der Waals surface area contributed by atoms with E-state index in [9.17, 15) is 28.8 Å². The quantitative estimate of drug-likeness (QED) is 0.0751. The van der Waals surface area contributed by atoms with Gasteiger partial charge in [-0.3, -0.25) is 34.1 Å². The minimum absolute atomic E-state index is 0.172. The number of piperidine rings is 1. The first-order valence-corrected chi connectivity index (χ1v) is 19.0. The van der Waals surface area contributed by atoms with Gasteiger partial charge in [-0.1, -0.05) is 36.4 Å². The van der Waals surface area contributed by atoms with Crippen molar-refractivity contribution in [3.8, 4) is 0 Å². The second-order valence-electron chi connectivity index (χ2n) is 13.5. The summed E-state index contributed by atoms with van der Waals surface area (Å²) >= 11 is 1.49. The topological polar surface area (TPSA) is 179 Å². The molecule has 1 atom stereocenters. The van der Waals surface area contributed by atoms with Gasteiger partial charge in [0.25, 0.3) is 23.6 Å².